The first-order valence-electron chi connectivity index (χ1n) is 3.71. The lowest BCUT2D eigenvalue weighted by Gasteiger charge is -2.35. The highest BCUT2D eigenvalue weighted by Gasteiger charge is 2.34. The smallest absolute Gasteiger partial charge is 0.176 e. The molecule has 1 unspecified atom stereocenters. The maximum atomic E-state index is 5.15. The third-order valence-corrected chi connectivity index (χ3v) is 2.06. The number of allylic oxidation sites excluding steroid dienone is 2. The number of fused-ring (bicyclic) bond motifs is 2. The van der Waals surface area contributed by atoms with Crippen LogP contribution in [0.3, 0.4) is 0 Å². The second-order valence-electron chi connectivity index (χ2n) is 2.85. The van der Waals surface area contributed by atoms with Crippen LogP contribution in [0.15, 0.2) is 23.8 Å². The van der Waals surface area contributed by atoms with Gasteiger partial charge in [-0.1, -0.05) is 12.2 Å². The van der Waals surface area contributed by atoms with Crippen molar-refractivity contribution in [3.05, 3.63) is 23.8 Å². The van der Waals surface area contributed by atoms with Gasteiger partial charge in [0.15, 0.2) is 5.72 Å². The summed E-state index contributed by atoms with van der Waals surface area (Å²) in [4.78, 5) is 10.1. The zero-order valence-electron chi connectivity index (χ0n) is 6.46. The predicted octanol–water partition coefficient (Wildman–Crippen LogP) is 0.750. The van der Waals surface area contributed by atoms with E-state index in [9.17, 15) is 0 Å². The van der Waals surface area contributed by atoms with E-state index in [2.05, 4.69) is 11.4 Å². The third-order valence-electron chi connectivity index (χ3n) is 2.06. The SMILES string of the molecule is CNC12C=CC=C(COO1)C2. The molecule has 3 nitrogen and oxygen atoms in total. The monoisotopic (exact) mass is 153 g/mol. The maximum Gasteiger partial charge on any atom is 0.176 e. The molecule has 0 radical (unpaired) electrons. The largest absolute Gasteiger partial charge is 0.286 e. The Morgan fingerprint density at radius 1 is 1.64 bits per heavy atom. The molecule has 0 aromatic rings. The van der Waals surface area contributed by atoms with Gasteiger partial charge in [-0.15, -0.1) is 0 Å². The van der Waals surface area contributed by atoms with Crippen molar-refractivity contribution in [1.29, 1.82) is 0 Å². The Kier molecular flexibility index (Phi) is 1.56. The molecule has 1 fully saturated rings. The van der Waals surface area contributed by atoms with Crippen LogP contribution in [-0.2, 0) is 9.78 Å². The van der Waals surface area contributed by atoms with Crippen molar-refractivity contribution in [2.75, 3.05) is 13.7 Å². The summed E-state index contributed by atoms with van der Waals surface area (Å²) in [5.41, 5.74) is 0.871. The van der Waals surface area contributed by atoms with Crippen LogP contribution in [0, 0.1) is 0 Å². The number of likely N-dealkylation sites (N-methyl/N-ethyl adjacent to an activating group) is 1. The topological polar surface area (TPSA) is 30.5 Å². The lowest BCUT2D eigenvalue weighted by Crippen LogP contribution is -2.48. The molecule has 11 heavy (non-hydrogen) atoms. The molecular weight excluding hydrogens is 142 g/mol. The van der Waals surface area contributed by atoms with Crippen LogP contribution in [0.4, 0.5) is 0 Å². The van der Waals surface area contributed by atoms with Gasteiger partial charge in [0.05, 0.1) is 0 Å². The highest BCUT2D eigenvalue weighted by molar-refractivity contribution is 5.25. The summed E-state index contributed by atoms with van der Waals surface area (Å²) in [6.07, 6.45) is 6.92. The average molecular weight is 153 g/mol. The van der Waals surface area contributed by atoms with Crippen molar-refractivity contribution in [2.45, 2.75) is 12.1 Å². The zero-order valence-corrected chi connectivity index (χ0v) is 6.46. The average Bonchev–Trinajstić information content (AvgIpc) is 2.05. The minimum Gasteiger partial charge on any atom is -0.286 e. The molecule has 1 N–H and O–H groups in total. The number of hydrogen-bond donors (Lipinski definition) is 1. The minimum absolute atomic E-state index is 0.400. The van der Waals surface area contributed by atoms with Gasteiger partial charge in [-0.25, -0.2) is 9.78 Å². The summed E-state index contributed by atoms with van der Waals surface area (Å²) in [5, 5.41) is 3.07. The second-order valence-corrected chi connectivity index (χ2v) is 2.85. The van der Waals surface area contributed by atoms with Crippen LogP contribution in [0.2, 0.25) is 0 Å². The highest BCUT2D eigenvalue weighted by Crippen LogP contribution is 2.28. The van der Waals surface area contributed by atoms with E-state index < -0.39 is 5.72 Å². The van der Waals surface area contributed by atoms with Gasteiger partial charge in [0.25, 0.3) is 0 Å². The van der Waals surface area contributed by atoms with Gasteiger partial charge in [-0.2, -0.15) is 0 Å². The molecule has 3 heteroatoms. The molecule has 0 spiro atoms. The second kappa shape index (κ2) is 2.44. The molecule has 2 bridgehead atoms. The molecule has 0 saturated carbocycles. The predicted molar refractivity (Wildman–Crippen MR) is 40.7 cm³/mol. The zero-order chi connectivity index (χ0) is 7.73. The van der Waals surface area contributed by atoms with Gasteiger partial charge >= 0.3 is 0 Å². The van der Waals surface area contributed by atoms with Crippen LogP contribution >= 0.6 is 0 Å². The van der Waals surface area contributed by atoms with E-state index in [4.69, 9.17) is 9.78 Å². The number of hydrogen-bond acceptors (Lipinski definition) is 3. The maximum absolute atomic E-state index is 5.15. The van der Waals surface area contributed by atoms with E-state index in [-0.39, 0.29) is 0 Å². The van der Waals surface area contributed by atoms with Gasteiger partial charge < -0.3 is 0 Å². The van der Waals surface area contributed by atoms with Crippen molar-refractivity contribution in [3.63, 3.8) is 0 Å². The Morgan fingerprint density at radius 3 is 3.27 bits per heavy atom. The summed E-state index contributed by atoms with van der Waals surface area (Å²) >= 11 is 0. The van der Waals surface area contributed by atoms with Crippen molar-refractivity contribution < 1.29 is 9.78 Å². The van der Waals surface area contributed by atoms with Gasteiger partial charge in [-0.3, -0.25) is 5.32 Å². The van der Waals surface area contributed by atoms with Crippen LogP contribution < -0.4 is 5.32 Å². The number of nitrogens with one attached hydrogen (secondary N) is 1. The Hall–Kier alpha value is -0.640. The molecular formula is C8H11NO2. The van der Waals surface area contributed by atoms with Gasteiger partial charge in [0.2, 0.25) is 0 Å². The number of rotatable bonds is 1. The van der Waals surface area contributed by atoms with Crippen molar-refractivity contribution in [1.82, 2.24) is 5.32 Å². The Balaban J connectivity index is 2.25. The first-order chi connectivity index (χ1) is 5.35. The molecule has 0 amide bonds. The van der Waals surface area contributed by atoms with Gasteiger partial charge in [0.1, 0.15) is 6.61 Å². The molecule has 0 aromatic heterocycles. The summed E-state index contributed by atoms with van der Waals surface area (Å²) in [5.74, 6) is 0. The van der Waals surface area contributed by atoms with E-state index >= 15 is 0 Å². The van der Waals surface area contributed by atoms with Gasteiger partial charge in [-0.05, 0) is 18.7 Å². The van der Waals surface area contributed by atoms with Crippen molar-refractivity contribution in [2.24, 2.45) is 0 Å². The first kappa shape index (κ1) is 7.03. The standard InChI is InChI=1S/C8H11NO2/c1-9-8-4-2-3-7(5-8)6-10-11-8/h2-4,9H,5-6H2,1H3. The van der Waals surface area contributed by atoms with E-state index in [1.165, 1.54) is 5.57 Å². The van der Waals surface area contributed by atoms with Crippen LogP contribution in [0.1, 0.15) is 6.42 Å². The summed E-state index contributed by atoms with van der Waals surface area (Å²) in [6.45, 7) is 0.591. The molecule has 1 aliphatic carbocycles. The molecule has 1 heterocycles. The molecule has 1 aliphatic heterocycles. The Labute approximate surface area is 65.6 Å². The molecule has 60 valence electrons. The van der Waals surface area contributed by atoms with E-state index in [0.717, 1.165) is 6.42 Å². The van der Waals surface area contributed by atoms with E-state index in [1.54, 1.807) is 0 Å². The quantitative estimate of drug-likeness (QED) is 0.564. The first-order valence-corrected chi connectivity index (χ1v) is 3.71. The van der Waals surface area contributed by atoms with E-state index in [0.29, 0.717) is 6.61 Å². The Bertz CT molecular complexity index is 222. The van der Waals surface area contributed by atoms with Crippen LogP contribution in [-0.4, -0.2) is 19.4 Å². The van der Waals surface area contributed by atoms with Crippen molar-refractivity contribution >= 4 is 0 Å². The highest BCUT2D eigenvalue weighted by atomic mass is 17.2. The van der Waals surface area contributed by atoms with Gasteiger partial charge in [0, 0.05) is 6.42 Å². The lowest BCUT2D eigenvalue weighted by molar-refractivity contribution is -0.365. The third kappa shape index (κ3) is 1.11. The van der Waals surface area contributed by atoms with Crippen LogP contribution in [0.25, 0.3) is 0 Å². The Morgan fingerprint density at radius 2 is 2.55 bits per heavy atom. The summed E-state index contributed by atoms with van der Waals surface area (Å²) in [7, 11) is 1.86. The fourth-order valence-corrected chi connectivity index (χ4v) is 1.37. The van der Waals surface area contributed by atoms with Crippen LogP contribution in [0.5, 0.6) is 0 Å². The summed E-state index contributed by atoms with van der Waals surface area (Å²) < 4.78 is 0. The fourth-order valence-electron chi connectivity index (χ4n) is 1.37. The fraction of sp³-hybridized carbons (Fsp3) is 0.500. The molecule has 0 aromatic carbocycles. The lowest BCUT2D eigenvalue weighted by atomic mass is 9.97. The molecule has 2 rings (SSSR count). The van der Waals surface area contributed by atoms with Crippen molar-refractivity contribution in [3.8, 4) is 0 Å². The summed E-state index contributed by atoms with van der Waals surface area (Å²) in [6, 6.07) is 0. The minimum atomic E-state index is -0.400. The molecule has 1 atom stereocenters. The van der Waals surface area contributed by atoms with E-state index in [1.807, 2.05) is 19.2 Å². The molecule has 1 saturated heterocycles. The molecule has 2 aliphatic rings. The normalized spacial score (nSPS) is 35.2.